The molecule has 6 heteroatoms. The van der Waals surface area contributed by atoms with Gasteiger partial charge >= 0.3 is 0 Å². The minimum Gasteiger partial charge on any atom is -0.273 e. The molecule has 22 heavy (non-hydrogen) atoms. The third kappa shape index (κ3) is 3.75. The number of sulfonamides is 1. The van der Waals surface area contributed by atoms with Crippen molar-refractivity contribution in [2.24, 2.45) is 0 Å². The third-order valence-electron chi connectivity index (χ3n) is 3.30. The molecular weight excluding hydrogens is 366 g/mol. The summed E-state index contributed by atoms with van der Waals surface area (Å²) in [5.41, 5.74) is 1.80. The molecule has 2 aromatic carbocycles. The number of carbonyl (C=O) groups excluding carboxylic acids is 1. The van der Waals surface area contributed by atoms with Gasteiger partial charge in [-0.15, -0.1) is 0 Å². The summed E-state index contributed by atoms with van der Waals surface area (Å²) in [5.74, 6) is -1.11. The van der Waals surface area contributed by atoms with Crippen LogP contribution < -0.4 is 4.72 Å². The normalized spacial score (nSPS) is 12.7. The second-order valence-corrected chi connectivity index (χ2v) is 7.54. The molecule has 0 bridgehead atoms. The SMILES string of the molecule is Cc1cccc([C@@H](C)C(=O)NS(=O)(=O)c2ccccc2Br)c1. The molecule has 1 N–H and O–H groups in total. The van der Waals surface area contributed by atoms with Crippen molar-refractivity contribution in [1.29, 1.82) is 0 Å². The highest BCUT2D eigenvalue weighted by atomic mass is 79.9. The Morgan fingerprint density at radius 3 is 2.45 bits per heavy atom. The molecule has 0 heterocycles. The van der Waals surface area contributed by atoms with Gasteiger partial charge in [-0.05, 0) is 47.5 Å². The van der Waals surface area contributed by atoms with Gasteiger partial charge in [0.2, 0.25) is 5.91 Å². The van der Waals surface area contributed by atoms with Crippen LogP contribution in [-0.2, 0) is 14.8 Å². The van der Waals surface area contributed by atoms with Gasteiger partial charge in [0.1, 0.15) is 4.90 Å². The zero-order valence-electron chi connectivity index (χ0n) is 12.2. The van der Waals surface area contributed by atoms with E-state index in [1.807, 2.05) is 31.2 Å². The van der Waals surface area contributed by atoms with Crippen molar-refractivity contribution in [3.8, 4) is 0 Å². The fraction of sp³-hybridized carbons (Fsp3) is 0.188. The standard InChI is InChI=1S/C16H16BrNO3S/c1-11-6-5-7-13(10-11)12(2)16(19)18-22(20,21)15-9-4-3-8-14(15)17/h3-10,12H,1-2H3,(H,18,19)/t12-/m1/s1. The van der Waals surface area contributed by atoms with Gasteiger partial charge in [0.05, 0.1) is 5.92 Å². The number of halogens is 1. The van der Waals surface area contributed by atoms with E-state index in [1.54, 1.807) is 25.1 Å². The average Bonchev–Trinajstić information content (AvgIpc) is 2.46. The maximum absolute atomic E-state index is 12.3. The number of amides is 1. The predicted octanol–water partition coefficient (Wildman–Crippen LogP) is 3.37. The lowest BCUT2D eigenvalue weighted by Gasteiger charge is -2.14. The number of carbonyl (C=O) groups is 1. The van der Waals surface area contributed by atoms with Crippen LogP contribution in [0, 0.1) is 6.92 Å². The van der Waals surface area contributed by atoms with Crippen molar-refractivity contribution in [1.82, 2.24) is 4.72 Å². The molecule has 2 rings (SSSR count). The molecule has 116 valence electrons. The lowest BCUT2D eigenvalue weighted by molar-refractivity contribution is -0.120. The summed E-state index contributed by atoms with van der Waals surface area (Å²) >= 11 is 3.18. The molecule has 0 aliphatic heterocycles. The highest BCUT2D eigenvalue weighted by Crippen LogP contribution is 2.22. The molecule has 4 nitrogen and oxygen atoms in total. The molecule has 0 aliphatic carbocycles. The summed E-state index contributed by atoms with van der Waals surface area (Å²) in [7, 11) is -3.90. The fourth-order valence-corrected chi connectivity index (χ4v) is 4.09. The van der Waals surface area contributed by atoms with Crippen LogP contribution in [-0.4, -0.2) is 14.3 Å². The average molecular weight is 382 g/mol. The van der Waals surface area contributed by atoms with Crippen molar-refractivity contribution in [3.63, 3.8) is 0 Å². The molecule has 2 aromatic rings. The van der Waals surface area contributed by atoms with E-state index in [0.717, 1.165) is 11.1 Å². The molecule has 0 aliphatic rings. The Bertz CT molecular complexity index is 803. The van der Waals surface area contributed by atoms with Gasteiger partial charge < -0.3 is 0 Å². The number of aryl methyl sites for hydroxylation is 1. The maximum Gasteiger partial charge on any atom is 0.265 e. The Morgan fingerprint density at radius 2 is 1.82 bits per heavy atom. The van der Waals surface area contributed by atoms with Gasteiger partial charge in [-0.2, -0.15) is 0 Å². The van der Waals surface area contributed by atoms with Gasteiger partial charge in [0, 0.05) is 4.47 Å². The summed E-state index contributed by atoms with van der Waals surface area (Å²) in [6.07, 6.45) is 0. The van der Waals surface area contributed by atoms with Crippen LogP contribution in [0.1, 0.15) is 24.0 Å². The molecule has 1 amide bonds. The van der Waals surface area contributed by atoms with E-state index in [0.29, 0.717) is 4.47 Å². The lowest BCUT2D eigenvalue weighted by atomic mass is 9.99. The van der Waals surface area contributed by atoms with E-state index >= 15 is 0 Å². The van der Waals surface area contributed by atoms with Gasteiger partial charge in [-0.25, -0.2) is 13.1 Å². The fourth-order valence-electron chi connectivity index (χ4n) is 2.03. The highest BCUT2D eigenvalue weighted by molar-refractivity contribution is 9.10. The Hall–Kier alpha value is -1.66. The maximum atomic E-state index is 12.3. The topological polar surface area (TPSA) is 63.2 Å². The Balaban J connectivity index is 2.23. The Kier molecular flexibility index (Phi) is 5.03. The van der Waals surface area contributed by atoms with Crippen molar-refractivity contribution in [2.45, 2.75) is 24.7 Å². The van der Waals surface area contributed by atoms with Crippen LogP contribution in [0.5, 0.6) is 0 Å². The van der Waals surface area contributed by atoms with Gasteiger partial charge in [0.25, 0.3) is 10.0 Å². The molecule has 0 fully saturated rings. The van der Waals surface area contributed by atoms with E-state index < -0.39 is 21.8 Å². The van der Waals surface area contributed by atoms with Crippen LogP contribution in [0.2, 0.25) is 0 Å². The molecule has 0 unspecified atom stereocenters. The van der Waals surface area contributed by atoms with Crippen molar-refractivity contribution >= 4 is 31.9 Å². The zero-order chi connectivity index (χ0) is 16.3. The first kappa shape index (κ1) is 16.7. The summed E-state index contributed by atoms with van der Waals surface area (Å²) in [4.78, 5) is 12.3. The molecule has 1 atom stereocenters. The summed E-state index contributed by atoms with van der Waals surface area (Å²) < 4.78 is 27.2. The van der Waals surface area contributed by atoms with E-state index in [-0.39, 0.29) is 4.90 Å². The second-order valence-electron chi connectivity index (χ2n) is 5.04. The van der Waals surface area contributed by atoms with Gasteiger partial charge in [-0.1, -0.05) is 42.0 Å². The lowest BCUT2D eigenvalue weighted by Crippen LogP contribution is -2.34. The summed E-state index contributed by atoms with van der Waals surface area (Å²) in [6, 6.07) is 13.8. The zero-order valence-corrected chi connectivity index (χ0v) is 14.6. The number of hydrogen-bond donors (Lipinski definition) is 1. The van der Waals surface area contributed by atoms with Crippen LogP contribution in [0.4, 0.5) is 0 Å². The molecule has 0 saturated carbocycles. The molecule has 0 spiro atoms. The number of hydrogen-bond acceptors (Lipinski definition) is 3. The minimum absolute atomic E-state index is 0.0415. The Morgan fingerprint density at radius 1 is 1.14 bits per heavy atom. The van der Waals surface area contributed by atoms with E-state index in [9.17, 15) is 13.2 Å². The third-order valence-corrected chi connectivity index (χ3v) is 5.66. The minimum atomic E-state index is -3.90. The Labute approximate surface area is 138 Å². The van der Waals surface area contributed by atoms with Crippen molar-refractivity contribution in [2.75, 3.05) is 0 Å². The van der Waals surface area contributed by atoms with Gasteiger partial charge in [0.15, 0.2) is 0 Å². The molecule has 0 saturated heterocycles. The summed E-state index contributed by atoms with van der Waals surface area (Å²) in [6.45, 7) is 3.60. The van der Waals surface area contributed by atoms with Crippen LogP contribution >= 0.6 is 15.9 Å². The largest absolute Gasteiger partial charge is 0.273 e. The number of rotatable bonds is 4. The van der Waals surface area contributed by atoms with Crippen LogP contribution in [0.3, 0.4) is 0 Å². The monoisotopic (exact) mass is 381 g/mol. The molecule has 0 aromatic heterocycles. The second kappa shape index (κ2) is 6.62. The van der Waals surface area contributed by atoms with E-state index in [2.05, 4.69) is 20.7 Å². The first-order valence-electron chi connectivity index (χ1n) is 6.69. The van der Waals surface area contributed by atoms with E-state index in [4.69, 9.17) is 0 Å². The van der Waals surface area contributed by atoms with Crippen molar-refractivity contribution in [3.05, 3.63) is 64.1 Å². The first-order chi connectivity index (χ1) is 10.3. The first-order valence-corrected chi connectivity index (χ1v) is 8.96. The van der Waals surface area contributed by atoms with E-state index in [1.165, 1.54) is 6.07 Å². The van der Waals surface area contributed by atoms with Gasteiger partial charge in [-0.3, -0.25) is 4.79 Å². The molecular formula is C16H16BrNO3S. The highest BCUT2D eigenvalue weighted by Gasteiger charge is 2.24. The van der Waals surface area contributed by atoms with Crippen LogP contribution in [0.25, 0.3) is 0 Å². The smallest absolute Gasteiger partial charge is 0.265 e. The number of benzene rings is 2. The predicted molar refractivity (Wildman–Crippen MR) is 89.1 cm³/mol. The molecule has 0 radical (unpaired) electrons. The van der Waals surface area contributed by atoms with Crippen LogP contribution in [0.15, 0.2) is 57.9 Å². The number of nitrogens with one attached hydrogen (secondary N) is 1. The quantitative estimate of drug-likeness (QED) is 0.882. The van der Waals surface area contributed by atoms with Crippen molar-refractivity contribution < 1.29 is 13.2 Å². The summed E-state index contributed by atoms with van der Waals surface area (Å²) in [5, 5.41) is 0.